The number of aromatic nitrogens is 3. The number of halogens is 1. The van der Waals surface area contributed by atoms with Crippen molar-refractivity contribution in [2.45, 2.75) is 12.1 Å². The summed E-state index contributed by atoms with van der Waals surface area (Å²) in [5.74, 6) is 1.10. The minimum absolute atomic E-state index is 0.273. The Morgan fingerprint density at radius 2 is 1.65 bits per heavy atom. The molecule has 0 atom stereocenters. The van der Waals surface area contributed by atoms with E-state index in [1.54, 1.807) is 28.6 Å². The summed E-state index contributed by atoms with van der Waals surface area (Å²) >= 11 is 1.60. The van der Waals surface area contributed by atoms with E-state index >= 15 is 0 Å². The molecule has 0 spiro atoms. The molecule has 0 radical (unpaired) electrons. The Labute approximate surface area is 137 Å². The van der Waals surface area contributed by atoms with Crippen molar-refractivity contribution in [1.29, 1.82) is 0 Å². The van der Waals surface area contributed by atoms with Crippen molar-refractivity contribution in [2.75, 3.05) is 5.75 Å². The van der Waals surface area contributed by atoms with Gasteiger partial charge in [-0.2, -0.15) is 9.78 Å². The van der Waals surface area contributed by atoms with Gasteiger partial charge in [-0.1, -0.05) is 41.6 Å². The summed E-state index contributed by atoms with van der Waals surface area (Å²) in [5, 5.41) is 13.8. The van der Waals surface area contributed by atoms with Gasteiger partial charge in [-0.05, 0) is 36.8 Å². The fourth-order valence-electron chi connectivity index (χ4n) is 2.39. The second-order valence-electron chi connectivity index (χ2n) is 5.33. The predicted octanol–water partition coefficient (Wildman–Crippen LogP) is 3.75. The van der Waals surface area contributed by atoms with Gasteiger partial charge in [-0.15, -0.1) is 10.2 Å². The summed E-state index contributed by atoms with van der Waals surface area (Å²) in [6.07, 6.45) is 0. The van der Waals surface area contributed by atoms with Crippen LogP contribution in [0.15, 0.2) is 58.8 Å². The monoisotopic (exact) mass is 324 g/mol. The topological polar surface area (TPSA) is 43.1 Å². The molecule has 1 aliphatic heterocycles. The molecule has 4 nitrogen and oxygen atoms in total. The van der Waals surface area contributed by atoms with Crippen LogP contribution in [0.25, 0.3) is 11.4 Å². The van der Waals surface area contributed by atoms with Gasteiger partial charge < -0.3 is 0 Å². The fraction of sp³-hybridized carbons (Fsp3) is 0.118. The molecule has 0 N–H and O–H groups in total. The van der Waals surface area contributed by atoms with Crippen molar-refractivity contribution in [3.8, 4) is 11.4 Å². The number of thioether (sulfide) groups is 1. The number of nitrogens with zero attached hydrogens (tertiary/aromatic N) is 4. The average molecular weight is 324 g/mol. The molecule has 3 aromatic rings. The first-order chi connectivity index (χ1) is 11.2. The molecule has 0 amide bonds. The third-order valence-electron chi connectivity index (χ3n) is 3.66. The zero-order valence-corrected chi connectivity index (χ0v) is 13.2. The number of benzene rings is 2. The molecule has 0 fully saturated rings. The van der Waals surface area contributed by atoms with Gasteiger partial charge in [0.25, 0.3) is 0 Å². The van der Waals surface area contributed by atoms with E-state index in [0.29, 0.717) is 5.82 Å². The maximum absolute atomic E-state index is 13.1. The number of hydrogen-bond donors (Lipinski definition) is 0. The van der Waals surface area contributed by atoms with Gasteiger partial charge in [0.1, 0.15) is 5.82 Å². The summed E-state index contributed by atoms with van der Waals surface area (Å²) in [5.41, 5.74) is 4.08. The fourth-order valence-corrected chi connectivity index (χ4v) is 3.23. The lowest BCUT2D eigenvalue weighted by atomic mass is 10.1. The summed E-state index contributed by atoms with van der Waals surface area (Å²) in [6, 6.07) is 14.5. The van der Waals surface area contributed by atoms with Gasteiger partial charge in [-0.25, -0.2) is 4.39 Å². The van der Waals surface area contributed by atoms with Crippen LogP contribution in [0.4, 0.5) is 4.39 Å². The molecule has 0 saturated carbocycles. The number of aryl methyl sites for hydroxylation is 1. The normalized spacial score (nSPS) is 13.6. The molecule has 1 aliphatic rings. The number of fused-ring (bicyclic) bond motifs is 1. The van der Waals surface area contributed by atoms with Crippen molar-refractivity contribution in [1.82, 2.24) is 14.9 Å². The molecule has 0 unspecified atom stereocenters. The van der Waals surface area contributed by atoms with Gasteiger partial charge in [-0.3, -0.25) is 0 Å². The van der Waals surface area contributed by atoms with Crippen molar-refractivity contribution < 1.29 is 4.39 Å². The lowest BCUT2D eigenvalue weighted by Crippen LogP contribution is -2.13. The SMILES string of the molecule is Cc1ccc(C2=Nn3c(nnc3-c3ccc(F)cc3)SC2)cc1. The van der Waals surface area contributed by atoms with Crippen LogP contribution in [0.1, 0.15) is 11.1 Å². The molecule has 0 saturated heterocycles. The first-order valence-electron chi connectivity index (χ1n) is 7.20. The van der Waals surface area contributed by atoms with Crippen LogP contribution in [0.5, 0.6) is 0 Å². The third-order valence-corrected chi connectivity index (χ3v) is 4.59. The molecular weight excluding hydrogens is 311 g/mol. The van der Waals surface area contributed by atoms with E-state index in [1.165, 1.54) is 17.7 Å². The van der Waals surface area contributed by atoms with Gasteiger partial charge in [0.2, 0.25) is 5.16 Å². The van der Waals surface area contributed by atoms with Gasteiger partial charge in [0, 0.05) is 11.3 Å². The van der Waals surface area contributed by atoms with Crippen LogP contribution in [0.3, 0.4) is 0 Å². The largest absolute Gasteiger partial charge is 0.212 e. The molecule has 4 rings (SSSR count). The van der Waals surface area contributed by atoms with E-state index in [2.05, 4.69) is 41.4 Å². The molecule has 23 heavy (non-hydrogen) atoms. The van der Waals surface area contributed by atoms with Crippen LogP contribution in [-0.4, -0.2) is 26.3 Å². The highest BCUT2D eigenvalue weighted by Gasteiger charge is 2.20. The van der Waals surface area contributed by atoms with E-state index in [1.807, 2.05) is 0 Å². The van der Waals surface area contributed by atoms with Gasteiger partial charge >= 0.3 is 0 Å². The molecule has 0 bridgehead atoms. The van der Waals surface area contributed by atoms with Crippen molar-refractivity contribution in [2.24, 2.45) is 5.10 Å². The zero-order valence-electron chi connectivity index (χ0n) is 12.4. The first-order valence-corrected chi connectivity index (χ1v) is 8.18. The van der Waals surface area contributed by atoms with Crippen LogP contribution < -0.4 is 0 Å². The summed E-state index contributed by atoms with van der Waals surface area (Å²) in [6.45, 7) is 2.06. The molecular formula is C17H13FN4S. The van der Waals surface area contributed by atoms with Gasteiger partial charge in [0.15, 0.2) is 5.82 Å². The minimum atomic E-state index is -0.273. The van der Waals surface area contributed by atoms with E-state index in [9.17, 15) is 4.39 Å². The Morgan fingerprint density at radius 3 is 2.39 bits per heavy atom. The Morgan fingerprint density at radius 1 is 0.957 bits per heavy atom. The lowest BCUT2D eigenvalue weighted by Gasteiger charge is -2.14. The second kappa shape index (κ2) is 5.62. The van der Waals surface area contributed by atoms with Crippen LogP contribution in [0.2, 0.25) is 0 Å². The Bertz CT molecular complexity index is 882. The van der Waals surface area contributed by atoms with Crippen molar-refractivity contribution in [3.05, 3.63) is 65.5 Å². The Hall–Kier alpha value is -2.47. The van der Waals surface area contributed by atoms with Crippen LogP contribution >= 0.6 is 11.8 Å². The van der Waals surface area contributed by atoms with Crippen LogP contribution in [0, 0.1) is 12.7 Å². The van der Waals surface area contributed by atoms with E-state index in [0.717, 1.165) is 27.7 Å². The highest BCUT2D eigenvalue weighted by atomic mass is 32.2. The first kappa shape index (κ1) is 14.1. The summed E-state index contributed by atoms with van der Waals surface area (Å²) < 4.78 is 14.8. The van der Waals surface area contributed by atoms with Gasteiger partial charge in [0.05, 0.1) is 5.71 Å². The molecule has 6 heteroatoms. The zero-order chi connectivity index (χ0) is 15.8. The third kappa shape index (κ3) is 2.66. The predicted molar refractivity (Wildman–Crippen MR) is 89.3 cm³/mol. The second-order valence-corrected chi connectivity index (χ2v) is 6.27. The van der Waals surface area contributed by atoms with E-state index in [4.69, 9.17) is 5.10 Å². The maximum atomic E-state index is 13.1. The quantitative estimate of drug-likeness (QED) is 0.721. The molecule has 1 aromatic heterocycles. The summed E-state index contributed by atoms with van der Waals surface area (Å²) in [4.78, 5) is 0. The van der Waals surface area contributed by atoms with Crippen molar-refractivity contribution in [3.63, 3.8) is 0 Å². The Balaban J connectivity index is 1.77. The van der Waals surface area contributed by atoms with Crippen molar-refractivity contribution >= 4 is 17.5 Å². The highest BCUT2D eigenvalue weighted by molar-refractivity contribution is 7.99. The average Bonchev–Trinajstić information content (AvgIpc) is 2.99. The van der Waals surface area contributed by atoms with E-state index < -0.39 is 0 Å². The van der Waals surface area contributed by atoms with Crippen LogP contribution in [-0.2, 0) is 0 Å². The van der Waals surface area contributed by atoms with E-state index in [-0.39, 0.29) is 5.82 Å². The Kier molecular flexibility index (Phi) is 3.46. The minimum Gasteiger partial charge on any atom is -0.207 e. The lowest BCUT2D eigenvalue weighted by molar-refractivity contribution is 0.628. The molecule has 114 valence electrons. The summed E-state index contributed by atoms with van der Waals surface area (Å²) in [7, 11) is 0. The molecule has 0 aliphatic carbocycles. The maximum Gasteiger partial charge on any atom is 0.212 e. The standard InChI is InChI=1S/C17H13FN4S/c1-11-2-4-12(5-3-11)15-10-23-17-20-19-16(22(17)21-15)13-6-8-14(18)9-7-13/h2-9H,10H2,1H3. The highest BCUT2D eigenvalue weighted by Crippen LogP contribution is 2.28. The smallest absolute Gasteiger partial charge is 0.207 e. The number of rotatable bonds is 2. The molecule has 2 heterocycles. The number of hydrogen-bond acceptors (Lipinski definition) is 4. The molecule has 2 aromatic carbocycles.